The second-order valence-electron chi connectivity index (χ2n) is 5.06. The summed E-state index contributed by atoms with van der Waals surface area (Å²) in [6, 6.07) is 2.25. The molecule has 2 nitrogen and oxygen atoms in total. The third kappa shape index (κ3) is 5.66. The highest BCUT2D eigenvalue weighted by molar-refractivity contribution is 7.10. The van der Waals surface area contributed by atoms with Gasteiger partial charge >= 0.3 is 0 Å². The van der Waals surface area contributed by atoms with Gasteiger partial charge in [-0.1, -0.05) is 20.8 Å². The Bertz CT molecular complexity index is 307. The first-order chi connectivity index (χ1) is 8.13. The first-order valence-corrected chi connectivity index (χ1v) is 7.46. The van der Waals surface area contributed by atoms with E-state index in [1.54, 1.807) is 0 Å². The number of thiophene rings is 1. The lowest BCUT2D eigenvalue weighted by Crippen LogP contribution is -2.30. The van der Waals surface area contributed by atoms with E-state index in [0.29, 0.717) is 0 Å². The summed E-state index contributed by atoms with van der Waals surface area (Å²) in [4.78, 5) is 3.93. The zero-order valence-electron chi connectivity index (χ0n) is 11.6. The van der Waals surface area contributed by atoms with Gasteiger partial charge in [-0.15, -0.1) is 11.3 Å². The van der Waals surface area contributed by atoms with Gasteiger partial charge in [0.2, 0.25) is 0 Å². The quantitative estimate of drug-likeness (QED) is 0.718. The molecule has 0 aliphatic rings. The third-order valence-electron chi connectivity index (χ3n) is 2.85. The fourth-order valence-corrected chi connectivity index (χ4v) is 2.86. The van der Waals surface area contributed by atoms with Crippen LogP contribution in [0.3, 0.4) is 0 Å². The molecule has 0 spiro atoms. The van der Waals surface area contributed by atoms with E-state index in [0.717, 1.165) is 38.5 Å². The Labute approximate surface area is 110 Å². The molecule has 0 aliphatic heterocycles. The predicted molar refractivity (Wildman–Crippen MR) is 77.7 cm³/mol. The second-order valence-corrected chi connectivity index (χ2v) is 6.06. The lowest BCUT2D eigenvalue weighted by Gasteiger charge is -2.17. The molecule has 1 N–H and O–H groups in total. The summed E-state index contributed by atoms with van der Waals surface area (Å²) in [6.45, 7) is 11.1. The average molecular weight is 254 g/mol. The van der Waals surface area contributed by atoms with E-state index in [1.165, 1.54) is 10.4 Å². The van der Waals surface area contributed by atoms with E-state index < -0.39 is 0 Å². The molecule has 1 aromatic rings. The molecule has 0 saturated carbocycles. The molecular weight excluding hydrogens is 228 g/mol. The molecule has 17 heavy (non-hydrogen) atoms. The first kappa shape index (κ1) is 14.7. The maximum atomic E-state index is 3.49. The maximum Gasteiger partial charge on any atom is 0.0328 e. The zero-order chi connectivity index (χ0) is 12.7. The van der Waals surface area contributed by atoms with Gasteiger partial charge in [-0.2, -0.15) is 0 Å². The van der Waals surface area contributed by atoms with Crippen molar-refractivity contribution >= 4 is 11.3 Å². The van der Waals surface area contributed by atoms with Crippen molar-refractivity contribution in [1.82, 2.24) is 10.2 Å². The van der Waals surface area contributed by atoms with Crippen molar-refractivity contribution in [2.24, 2.45) is 5.92 Å². The highest BCUT2D eigenvalue weighted by Crippen LogP contribution is 2.18. The summed E-state index contributed by atoms with van der Waals surface area (Å²) in [5.74, 6) is 0.740. The van der Waals surface area contributed by atoms with Crippen LogP contribution in [0.5, 0.6) is 0 Å². The molecule has 1 rings (SSSR count). The molecule has 98 valence electrons. The van der Waals surface area contributed by atoms with Gasteiger partial charge in [0.1, 0.15) is 0 Å². The van der Waals surface area contributed by atoms with E-state index in [2.05, 4.69) is 49.5 Å². The molecule has 0 radical (unpaired) electrons. The van der Waals surface area contributed by atoms with Crippen molar-refractivity contribution in [3.8, 4) is 0 Å². The summed E-state index contributed by atoms with van der Waals surface area (Å²) in [5.41, 5.74) is 1.51. The number of aryl methyl sites for hydroxylation is 1. The van der Waals surface area contributed by atoms with Crippen molar-refractivity contribution in [2.75, 3.05) is 26.7 Å². The third-order valence-corrected chi connectivity index (χ3v) is 3.80. The fourth-order valence-electron chi connectivity index (χ4n) is 1.81. The molecule has 0 aromatic carbocycles. The Morgan fingerprint density at radius 3 is 2.82 bits per heavy atom. The highest BCUT2D eigenvalue weighted by atomic mass is 32.1. The molecule has 0 amide bonds. The zero-order valence-corrected chi connectivity index (χ0v) is 12.4. The van der Waals surface area contributed by atoms with E-state index >= 15 is 0 Å². The maximum absolute atomic E-state index is 3.49. The summed E-state index contributed by atoms with van der Waals surface area (Å²) < 4.78 is 0. The van der Waals surface area contributed by atoms with Gasteiger partial charge in [0, 0.05) is 24.5 Å². The van der Waals surface area contributed by atoms with Crippen LogP contribution in [0.1, 0.15) is 31.2 Å². The molecule has 3 heteroatoms. The van der Waals surface area contributed by atoms with Gasteiger partial charge < -0.3 is 10.2 Å². The topological polar surface area (TPSA) is 15.3 Å². The Hall–Kier alpha value is -0.380. The summed E-state index contributed by atoms with van der Waals surface area (Å²) in [6.07, 6.45) is 1.15. The molecule has 0 atom stereocenters. The summed E-state index contributed by atoms with van der Waals surface area (Å²) in [7, 11) is 2.20. The van der Waals surface area contributed by atoms with Crippen LogP contribution >= 0.6 is 11.3 Å². The predicted octanol–water partition coefficient (Wildman–Crippen LogP) is 2.99. The van der Waals surface area contributed by atoms with Gasteiger partial charge in [0.25, 0.3) is 0 Å². The smallest absolute Gasteiger partial charge is 0.0328 e. The van der Waals surface area contributed by atoms with E-state index in [4.69, 9.17) is 0 Å². The Balaban J connectivity index is 2.23. The van der Waals surface area contributed by atoms with Crippen LogP contribution in [-0.4, -0.2) is 31.6 Å². The molecule has 1 aromatic heterocycles. The summed E-state index contributed by atoms with van der Waals surface area (Å²) in [5, 5.41) is 5.69. The van der Waals surface area contributed by atoms with E-state index in [1.807, 2.05) is 11.3 Å². The Morgan fingerprint density at radius 1 is 1.41 bits per heavy atom. The minimum atomic E-state index is 0.740. The molecular formula is C14H26N2S. The number of hydrogen-bond donors (Lipinski definition) is 1. The number of nitrogens with one attached hydrogen (secondary N) is 1. The van der Waals surface area contributed by atoms with Crippen molar-refractivity contribution in [1.29, 1.82) is 0 Å². The van der Waals surface area contributed by atoms with Crippen LogP contribution in [0.25, 0.3) is 0 Å². The minimum absolute atomic E-state index is 0.740. The lowest BCUT2D eigenvalue weighted by atomic mass is 10.2. The van der Waals surface area contributed by atoms with Gasteiger partial charge in [0.05, 0.1) is 0 Å². The van der Waals surface area contributed by atoms with Crippen molar-refractivity contribution in [3.63, 3.8) is 0 Å². The van der Waals surface area contributed by atoms with Crippen LogP contribution in [0.15, 0.2) is 11.4 Å². The first-order valence-electron chi connectivity index (χ1n) is 6.58. The Morgan fingerprint density at radius 2 is 2.18 bits per heavy atom. The number of likely N-dealkylation sites (N-methyl/N-ethyl adjacent to an activating group) is 1. The van der Waals surface area contributed by atoms with Crippen LogP contribution in [0.4, 0.5) is 0 Å². The molecule has 1 heterocycles. The molecule has 0 bridgehead atoms. The van der Waals surface area contributed by atoms with Crippen LogP contribution in [-0.2, 0) is 13.0 Å². The largest absolute Gasteiger partial charge is 0.315 e. The fraction of sp³-hybridized carbons (Fsp3) is 0.714. The SMILES string of the molecule is CCc1ccsc1CN(C)CCNCC(C)C. The average Bonchev–Trinajstić information content (AvgIpc) is 2.71. The van der Waals surface area contributed by atoms with Crippen LogP contribution in [0, 0.1) is 5.92 Å². The number of hydrogen-bond acceptors (Lipinski definition) is 3. The van der Waals surface area contributed by atoms with Crippen molar-refractivity contribution < 1.29 is 0 Å². The second kappa shape index (κ2) is 7.85. The van der Waals surface area contributed by atoms with Crippen molar-refractivity contribution in [3.05, 3.63) is 21.9 Å². The van der Waals surface area contributed by atoms with Gasteiger partial charge in [0.15, 0.2) is 0 Å². The van der Waals surface area contributed by atoms with E-state index in [9.17, 15) is 0 Å². The van der Waals surface area contributed by atoms with Crippen LogP contribution in [0.2, 0.25) is 0 Å². The number of rotatable bonds is 8. The standard InChI is InChI=1S/C14H26N2S/c1-5-13-6-9-17-14(13)11-16(4)8-7-15-10-12(2)3/h6,9,12,15H,5,7-8,10-11H2,1-4H3. The Kier molecular flexibility index (Phi) is 6.78. The van der Waals surface area contributed by atoms with Crippen LogP contribution < -0.4 is 5.32 Å². The van der Waals surface area contributed by atoms with E-state index in [-0.39, 0.29) is 0 Å². The van der Waals surface area contributed by atoms with Gasteiger partial charge in [-0.3, -0.25) is 0 Å². The van der Waals surface area contributed by atoms with Crippen molar-refractivity contribution in [2.45, 2.75) is 33.7 Å². The van der Waals surface area contributed by atoms with Gasteiger partial charge in [-0.25, -0.2) is 0 Å². The minimum Gasteiger partial charge on any atom is -0.315 e. The van der Waals surface area contributed by atoms with Gasteiger partial charge in [-0.05, 0) is 42.9 Å². The molecule has 0 fully saturated rings. The molecule has 0 aliphatic carbocycles. The number of nitrogens with zero attached hydrogens (tertiary/aromatic N) is 1. The normalized spacial score (nSPS) is 11.6. The molecule has 0 saturated heterocycles. The lowest BCUT2D eigenvalue weighted by molar-refractivity contribution is 0.323. The highest BCUT2D eigenvalue weighted by Gasteiger charge is 2.05. The summed E-state index contributed by atoms with van der Waals surface area (Å²) >= 11 is 1.88. The molecule has 0 unspecified atom stereocenters. The monoisotopic (exact) mass is 254 g/mol.